The van der Waals surface area contributed by atoms with E-state index >= 15 is 0 Å². The van der Waals surface area contributed by atoms with E-state index < -0.39 is 0 Å². The van der Waals surface area contributed by atoms with Crippen LogP contribution < -0.4 is 0 Å². The second-order valence-corrected chi connectivity index (χ2v) is 6.05. The highest BCUT2D eigenvalue weighted by atomic mass is 79.9. The third kappa shape index (κ3) is 1.73. The minimum absolute atomic E-state index is 0.383. The molecule has 0 aromatic carbocycles. The molecule has 3 heteroatoms. The maximum atomic E-state index is 12.3. The van der Waals surface area contributed by atoms with Crippen molar-refractivity contribution in [2.45, 2.75) is 38.1 Å². The van der Waals surface area contributed by atoms with Crippen LogP contribution in [0, 0.1) is 17.8 Å². The van der Waals surface area contributed by atoms with Gasteiger partial charge in [0.25, 0.3) is 0 Å². The fraction of sp³-hybridized carbons (Fsp3) is 0.917. The van der Waals surface area contributed by atoms with Crippen molar-refractivity contribution in [2.75, 3.05) is 11.9 Å². The molecule has 3 aliphatic rings. The molecular weight excluding hydrogens is 254 g/mol. The molecule has 84 valence electrons. The molecule has 3 atom stereocenters. The van der Waals surface area contributed by atoms with Gasteiger partial charge in [-0.2, -0.15) is 0 Å². The molecule has 0 aromatic rings. The molecule has 2 aliphatic carbocycles. The summed E-state index contributed by atoms with van der Waals surface area (Å²) in [7, 11) is 0. The zero-order valence-electron chi connectivity index (χ0n) is 8.99. The van der Waals surface area contributed by atoms with Crippen molar-refractivity contribution in [2.24, 2.45) is 17.8 Å². The molecule has 0 N–H and O–H groups in total. The topological polar surface area (TPSA) is 20.3 Å². The molecule has 2 saturated carbocycles. The number of halogens is 1. The number of amides is 1. The zero-order chi connectivity index (χ0) is 10.4. The Balaban J connectivity index is 1.63. The average Bonchev–Trinajstić information content (AvgIpc) is 2.72. The first-order valence-electron chi connectivity index (χ1n) is 6.16. The van der Waals surface area contributed by atoms with E-state index in [9.17, 15) is 4.79 Å². The van der Waals surface area contributed by atoms with Crippen LogP contribution in [0.1, 0.15) is 32.1 Å². The van der Waals surface area contributed by atoms with Crippen molar-refractivity contribution >= 4 is 21.8 Å². The molecule has 0 spiro atoms. The highest BCUT2D eigenvalue weighted by Crippen LogP contribution is 2.54. The van der Waals surface area contributed by atoms with Crippen molar-refractivity contribution in [1.29, 1.82) is 0 Å². The van der Waals surface area contributed by atoms with Crippen molar-refractivity contribution in [1.82, 2.24) is 4.90 Å². The summed E-state index contributed by atoms with van der Waals surface area (Å²) in [4.78, 5) is 14.4. The van der Waals surface area contributed by atoms with Crippen LogP contribution >= 0.6 is 15.9 Å². The van der Waals surface area contributed by atoms with Gasteiger partial charge in [-0.1, -0.05) is 15.9 Å². The SMILES string of the molecule is O=C(C1CC2CC2C1)N1CCC[C@@H]1CBr. The van der Waals surface area contributed by atoms with Crippen molar-refractivity contribution in [3.8, 4) is 0 Å². The normalized spacial score (nSPS) is 43.1. The summed E-state index contributed by atoms with van der Waals surface area (Å²) >= 11 is 3.52. The van der Waals surface area contributed by atoms with Crippen LogP contribution in [0.5, 0.6) is 0 Å². The van der Waals surface area contributed by atoms with Gasteiger partial charge in [0, 0.05) is 23.8 Å². The largest absolute Gasteiger partial charge is 0.339 e. The minimum atomic E-state index is 0.383. The Morgan fingerprint density at radius 1 is 1.27 bits per heavy atom. The number of nitrogens with zero attached hydrogens (tertiary/aromatic N) is 1. The molecule has 2 nitrogen and oxygen atoms in total. The van der Waals surface area contributed by atoms with Gasteiger partial charge < -0.3 is 4.90 Å². The minimum Gasteiger partial charge on any atom is -0.339 e. The lowest BCUT2D eigenvalue weighted by Crippen LogP contribution is -2.40. The monoisotopic (exact) mass is 271 g/mol. The summed E-state index contributed by atoms with van der Waals surface area (Å²) in [6.07, 6.45) is 6.17. The number of hydrogen-bond acceptors (Lipinski definition) is 1. The number of hydrogen-bond donors (Lipinski definition) is 0. The molecule has 3 rings (SSSR count). The predicted octanol–water partition coefficient (Wildman–Crippen LogP) is 2.42. The van der Waals surface area contributed by atoms with Crippen LogP contribution in [-0.2, 0) is 4.79 Å². The Morgan fingerprint density at radius 2 is 2.00 bits per heavy atom. The summed E-state index contributed by atoms with van der Waals surface area (Å²) < 4.78 is 0. The zero-order valence-corrected chi connectivity index (χ0v) is 10.6. The Hall–Kier alpha value is -0.0500. The van der Waals surface area contributed by atoms with E-state index in [1.807, 2.05) is 0 Å². The van der Waals surface area contributed by atoms with Gasteiger partial charge in [0.2, 0.25) is 5.91 Å². The maximum absolute atomic E-state index is 12.3. The molecule has 0 radical (unpaired) electrons. The van der Waals surface area contributed by atoms with Crippen LogP contribution in [0.2, 0.25) is 0 Å². The molecule has 0 aromatic heterocycles. The van der Waals surface area contributed by atoms with E-state index in [1.165, 1.54) is 32.1 Å². The lowest BCUT2D eigenvalue weighted by atomic mass is 10.0. The van der Waals surface area contributed by atoms with Gasteiger partial charge in [-0.25, -0.2) is 0 Å². The Bertz CT molecular complexity index is 271. The predicted molar refractivity (Wildman–Crippen MR) is 62.9 cm³/mol. The molecule has 1 saturated heterocycles. The molecule has 1 aliphatic heterocycles. The van der Waals surface area contributed by atoms with Gasteiger partial charge >= 0.3 is 0 Å². The second kappa shape index (κ2) is 3.76. The summed E-state index contributed by atoms with van der Waals surface area (Å²) in [5.41, 5.74) is 0. The molecule has 2 unspecified atom stereocenters. The first-order chi connectivity index (χ1) is 7.29. The highest BCUT2D eigenvalue weighted by molar-refractivity contribution is 9.09. The van der Waals surface area contributed by atoms with Crippen molar-refractivity contribution in [3.63, 3.8) is 0 Å². The van der Waals surface area contributed by atoms with Crippen LogP contribution in [0.4, 0.5) is 0 Å². The number of likely N-dealkylation sites (tertiary alicyclic amines) is 1. The lowest BCUT2D eigenvalue weighted by molar-refractivity contribution is -0.136. The summed E-state index contributed by atoms with van der Waals surface area (Å²) in [6, 6.07) is 0.481. The van der Waals surface area contributed by atoms with Gasteiger partial charge in [-0.3, -0.25) is 4.79 Å². The Morgan fingerprint density at radius 3 is 2.67 bits per heavy atom. The maximum Gasteiger partial charge on any atom is 0.225 e. The number of carbonyl (C=O) groups excluding carboxylic acids is 1. The Labute approximate surface area is 99.5 Å². The van der Waals surface area contributed by atoms with E-state index in [4.69, 9.17) is 0 Å². The van der Waals surface area contributed by atoms with Crippen LogP contribution in [0.3, 0.4) is 0 Å². The third-order valence-electron chi connectivity index (χ3n) is 4.43. The van der Waals surface area contributed by atoms with Crippen molar-refractivity contribution in [3.05, 3.63) is 0 Å². The summed E-state index contributed by atoms with van der Waals surface area (Å²) in [6.45, 7) is 1.00. The standard InChI is InChI=1S/C12H18BrNO/c13-7-11-2-1-3-14(11)12(15)10-5-8-4-9(8)6-10/h8-11H,1-7H2/t8?,9?,10?,11-/m1/s1. The van der Waals surface area contributed by atoms with Crippen molar-refractivity contribution < 1.29 is 4.79 Å². The fourth-order valence-electron chi connectivity index (χ4n) is 3.44. The first-order valence-corrected chi connectivity index (χ1v) is 7.28. The number of rotatable bonds is 2. The molecule has 0 bridgehead atoms. The first kappa shape index (κ1) is 10.1. The number of alkyl halides is 1. The number of carbonyl (C=O) groups is 1. The van der Waals surface area contributed by atoms with Crippen LogP contribution in [0.15, 0.2) is 0 Å². The van der Waals surface area contributed by atoms with Gasteiger partial charge in [-0.15, -0.1) is 0 Å². The highest BCUT2D eigenvalue weighted by Gasteiger charge is 2.49. The van der Waals surface area contributed by atoms with Crippen LogP contribution in [0.25, 0.3) is 0 Å². The van der Waals surface area contributed by atoms with E-state index in [0.717, 1.165) is 23.7 Å². The smallest absolute Gasteiger partial charge is 0.225 e. The lowest BCUT2D eigenvalue weighted by Gasteiger charge is -2.26. The van der Waals surface area contributed by atoms with Gasteiger partial charge in [0.1, 0.15) is 0 Å². The second-order valence-electron chi connectivity index (χ2n) is 5.41. The molecule has 3 fully saturated rings. The molecule has 15 heavy (non-hydrogen) atoms. The molecular formula is C12H18BrNO. The fourth-order valence-corrected chi connectivity index (χ4v) is 4.11. The van der Waals surface area contributed by atoms with E-state index in [-0.39, 0.29) is 0 Å². The summed E-state index contributed by atoms with van der Waals surface area (Å²) in [5, 5.41) is 0.957. The van der Waals surface area contributed by atoms with Crippen LogP contribution in [-0.4, -0.2) is 28.7 Å². The van der Waals surface area contributed by atoms with E-state index in [0.29, 0.717) is 17.9 Å². The molecule has 1 heterocycles. The van der Waals surface area contributed by atoms with E-state index in [1.54, 1.807) is 0 Å². The van der Waals surface area contributed by atoms with Gasteiger partial charge in [-0.05, 0) is 43.9 Å². The van der Waals surface area contributed by atoms with Gasteiger partial charge in [0.05, 0.1) is 0 Å². The quantitative estimate of drug-likeness (QED) is 0.707. The Kier molecular flexibility index (Phi) is 2.54. The van der Waals surface area contributed by atoms with Gasteiger partial charge in [0.15, 0.2) is 0 Å². The third-order valence-corrected chi connectivity index (χ3v) is 5.18. The summed E-state index contributed by atoms with van der Waals surface area (Å²) in [5.74, 6) is 2.69. The average molecular weight is 272 g/mol. The van der Waals surface area contributed by atoms with E-state index in [2.05, 4.69) is 20.8 Å². The number of fused-ring (bicyclic) bond motifs is 1. The molecule has 1 amide bonds.